The number of aryl methyl sites for hydroxylation is 2. The molecule has 0 aliphatic carbocycles. The van der Waals surface area contributed by atoms with E-state index in [4.69, 9.17) is 4.52 Å². The van der Waals surface area contributed by atoms with Gasteiger partial charge in [-0.25, -0.2) is 9.97 Å². The van der Waals surface area contributed by atoms with E-state index in [2.05, 4.69) is 20.0 Å². The molecule has 2 aromatic heterocycles. The number of carbonyl (C=O) groups is 1. The van der Waals surface area contributed by atoms with E-state index in [0.29, 0.717) is 36.1 Å². The quantitative estimate of drug-likeness (QED) is 0.849. The maximum Gasteiger partial charge on any atom is 0.259 e. The first kappa shape index (κ1) is 15.6. The van der Waals surface area contributed by atoms with Crippen LogP contribution in [0.25, 0.3) is 0 Å². The van der Waals surface area contributed by atoms with Crippen molar-refractivity contribution < 1.29 is 9.32 Å². The molecule has 7 heteroatoms. The van der Waals surface area contributed by atoms with Gasteiger partial charge in [-0.3, -0.25) is 9.69 Å². The van der Waals surface area contributed by atoms with E-state index in [-0.39, 0.29) is 5.91 Å². The van der Waals surface area contributed by atoms with Crippen LogP contribution in [0.1, 0.15) is 34.1 Å². The fourth-order valence-electron chi connectivity index (χ4n) is 3.00. The predicted octanol–water partition coefficient (Wildman–Crippen LogP) is 1.43. The highest BCUT2D eigenvalue weighted by molar-refractivity contribution is 5.96. The molecule has 0 unspecified atom stereocenters. The molecule has 1 aliphatic heterocycles. The van der Waals surface area contributed by atoms with Crippen molar-refractivity contribution >= 4 is 5.91 Å². The minimum absolute atomic E-state index is 0.00751. The number of rotatable bonds is 4. The Balaban J connectivity index is 1.63. The number of hydrogen-bond acceptors (Lipinski definition) is 6. The van der Waals surface area contributed by atoms with Crippen molar-refractivity contribution in [3.8, 4) is 0 Å². The first-order chi connectivity index (χ1) is 11.1. The Morgan fingerprint density at radius 2 is 2.13 bits per heavy atom. The number of aromatic nitrogens is 3. The maximum absolute atomic E-state index is 12.7. The molecule has 0 bridgehead atoms. The second-order valence-electron chi connectivity index (χ2n) is 5.97. The third kappa shape index (κ3) is 3.24. The highest BCUT2D eigenvalue weighted by atomic mass is 16.5. The predicted molar refractivity (Wildman–Crippen MR) is 83.8 cm³/mol. The Morgan fingerprint density at radius 3 is 2.78 bits per heavy atom. The van der Waals surface area contributed by atoms with Crippen molar-refractivity contribution in [3.63, 3.8) is 0 Å². The van der Waals surface area contributed by atoms with Gasteiger partial charge in [0.25, 0.3) is 5.91 Å². The first-order valence-corrected chi connectivity index (χ1v) is 7.74. The van der Waals surface area contributed by atoms with Gasteiger partial charge in [0.15, 0.2) is 0 Å². The van der Waals surface area contributed by atoms with Gasteiger partial charge in [0.2, 0.25) is 0 Å². The van der Waals surface area contributed by atoms with E-state index in [1.165, 1.54) is 0 Å². The van der Waals surface area contributed by atoms with Gasteiger partial charge >= 0.3 is 0 Å². The number of hydrogen-bond donors (Lipinski definition) is 0. The van der Waals surface area contributed by atoms with Gasteiger partial charge in [0.05, 0.1) is 12.2 Å². The molecule has 0 saturated carbocycles. The second-order valence-corrected chi connectivity index (χ2v) is 5.97. The normalized spacial score (nSPS) is 17.9. The van der Waals surface area contributed by atoms with Gasteiger partial charge in [-0.1, -0.05) is 5.16 Å². The standard InChI is InChI=1S/C16H21N5O2/c1-11-15(12(2)23-19-11)16(22)21-8-5-13(9-21)20(3)10-14-17-6-4-7-18-14/h4,6-7,13H,5,8-10H2,1-3H3/t13-/m0/s1. The molecule has 23 heavy (non-hydrogen) atoms. The highest BCUT2D eigenvalue weighted by Gasteiger charge is 2.32. The lowest BCUT2D eigenvalue weighted by Gasteiger charge is -2.23. The summed E-state index contributed by atoms with van der Waals surface area (Å²) in [5.74, 6) is 1.39. The average molecular weight is 315 g/mol. The van der Waals surface area contributed by atoms with Crippen LogP contribution in [0.15, 0.2) is 23.0 Å². The summed E-state index contributed by atoms with van der Waals surface area (Å²) in [6.07, 6.45) is 4.44. The highest BCUT2D eigenvalue weighted by Crippen LogP contribution is 2.21. The van der Waals surface area contributed by atoms with E-state index in [0.717, 1.165) is 18.8 Å². The second kappa shape index (κ2) is 6.45. The van der Waals surface area contributed by atoms with E-state index in [1.54, 1.807) is 26.2 Å². The molecule has 1 saturated heterocycles. The molecule has 1 atom stereocenters. The number of likely N-dealkylation sites (tertiary alicyclic amines) is 1. The van der Waals surface area contributed by atoms with Crippen LogP contribution in [0.2, 0.25) is 0 Å². The summed E-state index contributed by atoms with van der Waals surface area (Å²) in [7, 11) is 2.05. The van der Waals surface area contributed by atoms with Crippen LogP contribution in [-0.2, 0) is 6.54 Å². The molecular formula is C16H21N5O2. The zero-order chi connectivity index (χ0) is 16.4. The number of likely N-dealkylation sites (N-methyl/N-ethyl adjacent to an activating group) is 1. The van der Waals surface area contributed by atoms with Crippen LogP contribution in [0.5, 0.6) is 0 Å². The topological polar surface area (TPSA) is 75.4 Å². The Morgan fingerprint density at radius 1 is 1.39 bits per heavy atom. The molecule has 0 radical (unpaired) electrons. The molecule has 1 aliphatic rings. The van der Waals surface area contributed by atoms with Crippen molar-refractivity contribution in [2.75, 3.05) is 20.1 Å². The molecule has 7 nitrogen and oxygen atoms in total. The van der Waals surface area contributed by atoms with Gasteiger partial charge in [0, 0.05) is 31.5 Å². The smallest absolute Gasteiger partial charge is 0.259 e. The summed E-state index contributed by atoms with van der Waals surface area (Å²) in [6.45, 7) is 5.70. The van der Waals surface area contributed by atoms with Crippen LogP contribution in [0.3, 0.4) is 0 Å². The van der Waals surface area contributed by atoms with Crippen LogP contribution in [0, 0.1) is 13.8 Å². The molecule has 2 aromatic rings. The van der Waals surface area contributed by atoms with Crippen LogP contribution in [0.4, 0.5) is 0 Å². The molecule has 1 amide bonds. The maximum atomic E-state index is 12.7. The van der Waals surface area contributed by atoms with Gasteiger partial charge in [0.1, 0.15) is 17.1 Å². The van der Waals surface area contributed by atoms with Gasteiger partial charge in [-0.2, -0.15) is 0 Å². The van der Waals surface area contributed by atoms with Crippen molar-refractivity contribution in [1.82, 2.24) is 24.9 Å². The zero-order valence-electron chi connectivity index (χ0n) is 13.7. The Hall–Kier alpha value is -2.28. The summed E-state index contributed by atoms with van der Waals surface area (Å²) >= 11 is 0. The van der Waals surface area contributed by atoms with Crippen LogP contribution in [-0.4, -0.2) is 57.0 Å². The van der Waals surface area contributed by atoms with Crippen molar-refractivity contribution in [1.29, 1.82) is 0 Å². The van der Waals surface area contributed by atoms with E-state index in [9.17, 15) is 4.79 Å². The minimum Gasteiger partial charge on any atom is -0.361 e. The van der Waals surface area contributed by atoms with Crippen molar-refractivity contribution in [2.24, 2.45) is 0 Å². The van der Waals surface area contributed by atoms with Crippen LogP contribution >= 0.6 is 0 Å². The number of carbonyl (C=O) groups excluding carboxylic acids is 1. The molecular weight excluding hydrogens is 294 g/mol. The summed E-state index contributed by atoms with van der Waals surface area (Å²) in [5, 5.41) is 3.87. The van der Waals surface area contributed by atoms with Gasteiger partial charge in [-0.05, 0) is 33.4 Å². The molecule has 3 heterocycles. The fourth-order valence-corrected chi connectivity index (χ4v) is 3.00. The first-order valence-electron chi connectivity index (χ1n) is 7.74. The average Bonchev–Trinajstić information content (AvgIpc) is 3.15. The van der Waals surface area contributed by atoms with E-state index < -0.39 is 0 Å². The number of amides is 1. The summed E-state index contributed by atoms with van der Waals surface area (Å²) in [6, 6.07) is 2.12. The summed E-state index contributed by atoms with van der Waals surface area (Å²) in [5.41, 5.74) is 1.25. The van der Waals surface area contributed by atoms with Crippen molar-refractivity contribution in [2.45, 2.75) is 32.9 Å². The summed E-state index contributed by atoms with van der Waals surface area (Å²) in [4.78, 5) is 25.2. The monoisotopic (exact) mass is 315 g/mol. The molecule has 0 aromatic carbocycles. The van der Waals surface area contributed by atoms with Gasteiger partial charge in [-0.15, -0.1) is 0 Å². The third-order valence-corrected chi connectivity index (χ3v) is 4.33. The van der Waals surface area contributed by atoms with E-state index >= 15 is 0 Å². The molecule has 122 valence electrons. The summed E-state index contributed by atoms with van der Waals surface area (Å²) < 4.78 is 5.10. The van der Waals surface area contributed by atoms with Gasteiger partial charge < -0.3 is 9.42 Å². The Kier molecular flexibility index (Phi) is 4.38. The van der Waals surface area contributed by atoms with E-state index in [1.807, 2.05) is 18.0 Å². The number of nitrogens with zero attached hydrogens (tertiary/aromatic N) is 5. The molecule has 0 spiro atoms. The zero-order valence-corrected chi connectivity index (χ0v) is 13.7. The molecule has 3 rings (SSSR count). The third-order valence-electron chi connectivity index (χ3n) is 4.33. The lowest BCUT2D eigenvalue weighted by molar-refractivity contribution is 0.0777. The lowest BCUT2D eigenvalue weighted by atomic mass is 10.2. The molecule has 1 fully saturated rings. The van der Waals surface area contributed by atoms with Crippen LogP contribution < -0.4 is 0 Å². The Bertz CT molecular complexity index is 666. The SMILES string of the molecule is Cc1noc(C)c1C(=O)N1CC[C@H](N(C)Cc2ncccn2)C1. The largest absolute Gasteiger partial charge is 0.361 e. The molecule has 0 N–H and O–H groups in total. The Labute approximate surface area is 135 Å². The fraction of sp³-hybridized carbons (Fsp3) is 0.500. The van der Waals surface area contributed by atoms with Crippen molar-refractivity contribution in [3.05, 3.63) is 41.3 Å². The lowest BCUT2D eigenvalue weighted by Crippen LogP contribution is -2.36. The minimum atomic E-state index is 0.00751.